The van der Waals surface area contributed by atoms with Crippen LogP contribution in [0.15, 0.2) is 36.9 Å². The summed E-state index contributed by atoms with van der Waals surface area (Å²) in [5.74, 6) is 0. The molecule has 0 radical (unpaired) electrons. The standard InChI is InChI=1S/C8H8.H2S/c1-2-8-6-4-3-5-7-8;/h2-7H,1H2;1H2. The van der Waals surface area contributed by atoms with Gasteiger partial charge in [-0.25, -0.2) is 0 Å². The van der Waals surface area contributed by atoms with Crippen LogP contribution in [-0.2, 0) is 0 Å². The lowest BCUT2D eigenvalue weighted by atomic mass is 10.2. The van der Waals surface area contributed by atoms with Crippen LogP contribution in [0.4, 0.5) is 0 Å². The minimum absolute atomic E-state index is 0. The molecule has 0 aliphatic rings. The van der Waals surface area contributed by atoms with E-state index in [1.54, 1.807) is 0 Å². The first-order chi connectivity index (χ1) is 3.93. The predicted molar refractivity (Wildman–Crippen MR) is 46.9 cm³/mol. The van der Waals surface area contributed by atoms with Gasteiger partial charge in [0.05, 0.1) is 0 Å². The molecule has 48 valence electrons. The van der Waals surface area contributed by atoms with Crippen LogP contribution in [-0.4, -0.2) is 0 Å². The van der Waals surface area contributed by atoms with Gasteiger partial charge < -0.3 is 0 Å². The Labute approximate surface area is 62.7 Å². The van der Waals surface area contributed by atoms with Gasteiger partial charge in [-0.1, -0.05) is 43.0 Å². The molecule has 1 rings (SSSR count). The van der Waals surface area contributed by atoms with E-state index in [1.807, 2.05) is 36.4 Å². The summed E-state index contributed by atoms with van der Waals surface area (Å²) in [6, 6.07) is 10.0. The van der Waals surface area contributed by atoms with Gasteiger partial charge in [0, 0.05) is 0 Å². The van der Waals surface area contributed by atoms with Gasteiger partial charge in [-0.2, -0.15) is 13.5 Å². The van der Waals surface area contributed by atoms with Gasteiger partial charge in [-0.15, -0.1) is 0 Å². The summed E-state index contributed by atoms with van der Waals surface area (Å²) in [4.78, 5) is 0. The van der Waals surface area contributed by atoms with Gasteiger partial charge in [-0.3, -0.25) is 0 Å². The minimum Gasteiger partial charge on any atom is -0.197 e. The second-order valence-electron chi connectivity index (χ2n) is 1.61. The average Bonchev–Trinajstić information content (AvgIpc) is 1.90. The van der Waals surface area contributed by atoms with Crippen molar-refractivity contribution in [3.8, 4) is 0 Å². The summed E-state index contributed by atoms with van der Waals surface area (Å²) in [5.41, 5.74) is 1.17. The highest BCUT2D eigenvalue weighted by Gasteiger charge is 1.75. The molecule has 1 heteroatoms. The van der Waals surface area contributed by atoms with Gasteiger partial charge in [0.1, 0.15) is 0 Å². The summed E-state index contributed by atoms with van der Waals surface area (Å²) in [7, 11) is 0. The molecule has 0 amide bonds. The van der Waals surface area contributed by atoms with Crippen LogP contribution >= 0.6 is 13.5 Å². The first-order valence-electron chi connectivity index (χ1n) is 2.61. The lowest BCUT2D eigenvalue weighted by Gasteiger charge is -1.85. The van der Waals surface area contributed by atoms with E-state index >= 15 is 0 Å². The molecule has 0 saturated carbocycles. The van der Waals surface area contributed by atoms with Gasteiger partial charge >= 0.3 is 0 Å². The summed E-state index contributed by atoms with van der Waals surface area (Å²) >= 11 is 0. The largest absolute Gasteiger partial charge is 0.197 e. The molecule has 0 fully saturated rings. The number of benzene rings is 1. The molecular weight excluding hydrogens is 128 g/mol. The van der Waals surface area contributed by atoms with E-state index in [0.29, 0.717) is 0 Å². The lowest BCUT2D eigenvalue weighted by molar-refractivity contribution is 1.67. The summed E-state index contributed by atoms with van der Waals surface area (Å²) in [6.07, 6.45) is 1.83. The zero-order chi connectivity index (χ0) is 5.82. The molecule has 0 aliphatic carbocycles. The Morgan fingerprint density at radius 3 is 2.00 bits per heavy atom. The molecule has 9 heavy (non-hydrogen) atoms. The Hall–Kier alpha value is -0.690. The van der Waals surface area contributed by atoms with Gasteiger partial charge in [-0.05, 0) is 5.56 Å². The van der Waals surface area contributed by atoms with E-state index in [2.05, 4.69) is 6.58 Å². The van der Waals surface area contributed by atoms with E-state index in [4.69, 9.17) is 0 Å². The highest BCUT2D eigenvalue weighted by atomic mass is 32.1. The van der Waals surface area contributed by atoms with E-state index < -0.39 is 0 Å². The highest BCUT2D eigenvalue weighted by molar-refractivity contribution is 7.59. The molecule has 0 unspecified atom stereocenters. The molecule has 0 spiro atoms. The zero-order valence-electron chi connectivity index (χ0n) is 5.17. The highest BCUT2D eigenvalue weighted by Crippen LogP contribution is 1.97. The normalized spacial score (nSPS) is 7.56. The third kappa shape index (κ3) is 2.38. The smallest absolute Gasteiger partial charge is 0.0263 e. The quantitative estimate of drug-likeness (QED) is 0.559. The van der Waals surface area contributed by atoms with Gasteiger partial charge in [0.15, 0.2) is 0 Å². The van der Waals surface area contributed by atoms with Crippen molar-refractivity contribution in [2.75, 3.05) is 0 Å². The Bertz CT molecular complexity index is 167. The number of rotatable bonds is 1. The molecule has 0 nitrogen and oxygen atoms in total. The lowest BCUT2D eigenvalue weighted by Crippen LogP contribution is -1.63. The second kappa shape index (κ2) is 4.21. The molecule has 0 N–H and O–H groups in total. The predicted octanol–water partition coefficient (Wildman–Crippen LogP) is 2.44. The number of hydrogen-bond donors (Lipinski definition) is 0. The maximum absolute atomic E-state index is 3.63. The Balaban J connectivity index is 0.000000640. The van der Waals surface area contributed by atoms with Gasteiger partial charge in [0.2, 0.25) is 0 Å². The third-order valence-electron chi connectivity index (χ3n) is 1.04. The molecule has 0 aromatic heterocycles. The van der Waals surface area contributed by atoms with Crippen LogP contribution < -0.4 is 0 Å². The maximum atomic E-state index is 3.63. The Kier molecular flexibility index (Phi) is 3.89. The van der Waals surface area contributed by atoms with Crippen LogP contribution in [0.5, 0.6) is 0 Å². The minimum atomic E-state index is 0. The van der Waals surface area contributed by atoms with Crippen molar-refractivity contribution in [1.82, 2.24) is 0 Å². The number of hydrogen-bond acceptors (Lipinski definition) is 0. The van der Waals surface area contributed by atoms with Crippen LogP contribution in [0, 0.1) is 0 Å². The van der Waals surface area contributed by atoms with Crippen molar-refractivity contribution in [2.24, 2.45) is 0 Å². The molecule has 0 bridgehead atoms. The summed E-state index contributed by atoms with van der Waals surface area (Å²) < 4.78 is 0. The first-order valence-corrected chi connectivity index (χ1v) is 2.61. The van der Waals surface area contributed by atoms with E-state index in [1.165, 1.54) is 5.56 Å². The van der Waals surface area contributed by atoms with Crippen molar-refractivity contribution in [1.29, 1.82) is 0 Å². The van der Waals surface area contributed by atoms with E-state index in [0.717, 1.165) is 0 Å². The van der Waals surface area contributed by atoms with E-state index in [-0.39, 0.29) is 13.5 Å². The Morgan fingerprint density at radius 1 is 1.11 bits per heavy atom. The monoisotopic (exact) mass is 138 g/mol. The fourth-order valence-electron chi connectivity index (χ4n) is 0.589. The van der Waals surface area contributed by atoms with Crippen LogP contribution in [0.25, 0.3) is 6.08 Å². The van der Waals surface area contributed by atoms with Crippen molar-refractivity contribution < 1.29 is 0 Å². The van der Waals surface area contributed by atoms with Crippen molar-refractivity contribution in [2.45, 2.75) is 0 Å². The zero-order valence-corrected chi connectivity index (χ0v) is 6.17. The molecule has 1 aromatic carbocycles. The molecule has 0 atom stereocenters. The molecule has 0 saturated heterocycles. The summed E-state index contributed by atoms with van der Waals surface area (Å²) in [6.45, 7) is 3.63. The SMILES string of the molecule is C=Cc1ccccc1.S. The van der Waals surface area contributed by atoms with Gasteiger partial charge in [0.25, 0.3) is 0 Å². The van der Waals surface area contributed by atoms with E-state index in [9.17, 15) is 0 Å². The second-order valence-corrected chi connectivity index (χ2v) is 1.61. The van der Waals surface area contributed by atoms with Crippen LogP contribution in [0.2, 0.25) is 0 Å². The summed E-state index contributed by atoms with van der Waals surface area (Å²) in [5, 5.41) is 0. The first kappa shape index (κ1) is 8.31. The van der Waals surface area contributed by atoms with Crippen LogP contribution in [0.1, 0.15) is 5.56 Å². The molecule has 1 aromatic rings. The fourth-order valence-corrected chi connectivity index (χ4v) is 0.589. The van der Waals surface area contributed by atoms with Crippen molar-refractivity contribution in [3.05, 3.63) is 42.5 Å². The molecule has 0 aliphatic heterocycles. The third-order valence-corrected chi connectivity index (χ3v) is 1.04. The molecule has 0 heterocycles. The Morgan fingerprint density at radius 2 is 1.67 bits per heavy atom. The van der Waals surface area contributed by atoms with Crippen LogP contribution in [0.3, 0.4) is 0 Å². The average molecular weight is 138 g/mol. The van der Waals surface area contributed by atoms with Crippen molar-refractivity contribution >= 4 is 19.6 Å². The maximum Gasteiger partial charge on any atom is -0.0263 e. The van der Waals surface area contributed by atoms with Crippen molar-refractivity contribution in [3.63, 3.8) is 0 Å². The topological polar surface area (TPSA) is 0 Å². The molecular formula is C8H10S. The fraction of sp³-hybridized carbons (Fsp3) is 0.